The molecule has 1 N–H and O–H groups in total. The largest absolute Gasteiger partial charge is 0.371 e. The molecule has 0 aromatic heterocycles. The first-order chi connectivity index (χ1) is 14.9. The lowest BCUT2D eigenvalue weighted by molar-refractivity contribution is 0.102. The Morgan fingerprint density at radius 3 is 2.29 bits per heavy atom. The first-order valence-electron chi connectivity index (χ1n) is 10.8. The summed E-state index contributed by atoms with van der Waals surface area (Å²) in [5.74, 6) is -0.317. The van der Waals surface area contributed by atoms with Crippen LogP contribution in [0.4, 0.5) is 11.4 Å². The fourth-order valence-corrected chi connectivity index (χ4v) is 6.07. The zero-order valence-electron chi connectivity index (χ0n) is 17.7. The summed E-state index contributed by atoms with van der Waals surface area (Å²) in [6, 6.07) is 10.2. The molecule has 0 atom stereocenters. The number of amides is 1. The maximum atomic E-state index is 13.3. The molecule has 2 saturated heterocycles. The summed E-state index contributed by atoms with van der Waals surface area (Å²) in [7, 11) is -3.63. The van der Waals surface area contributed by atoms with Crippen molar-refractivity contribution in [3.8, 4) is 0 Å². The number of carbonyl (C=O) groups is 1. The number of rotatable bonds is 5. The van der Waals surface area contributed by atoms with E-state index in [9.17, 15) is 13.2 Å². The molecule has 31 heavy (non-hydrogen) atoms. The number of nitrogens with zero attached hydrogens (tertiary/aromatic N) is 2. The second kappa shape index (κ2) is 9.18. The van der Waals surface area contributed by atoms with Crippen LogP contribution in [0.15, 0.2) is 41.3 Å². The molecule has 166 valence electrons. The number of halogens is 1. The van der Waals surface area contributed by atoms with Crippen LogP contribution in [0.2, 0.25) is 5.02 Å². The van der Waals surface area contributed by atoms with Crippen LogP contribution in [0.3, 0.4) is 0 Å². The van der Waals surface area contributed by atoms with Gasteiger partial charge in [-0.15, -0.1) is 0 Å². The summed E-state index contributed by atoms with van der Waals surface area (Å²) in [6.45, 7) is 4.65. The van der Waals surface area contributed by atoms with Gasteiger partial charge in [-0.2, -0.15) is 4.31 Å². The monoisotopic (exact) mass is 461 g/mol. The van der Waals surface area contributed by atoms with Gasteiger partial charge in [0, 0.05) is 42.6 Å². The fraction of sp³-hybridized carbons (Fsp3) is 0.435. The van der Waals surface area contributed by atoms with Gasteiger partial charge in [0.05, 0.1) is 10.5 Å². The number of carbonyl (C=O) groups excluding carboxylic acids is 1. The minimum Gasteiger partial charge on any atom is -0.371 e. The van der Waals surface area contributed by atoms with Gasteiger partial charge in [0.25, 0.3) is 5.91 Å². The second-order valence-electron chi connectivity index (χ2n) is 8.25. The number of sulfonamides is 1. The van der Waals surface area contributed by atoms with Crippen molar-refractivity contribution in [3.63, 3.8) is 0 Å². The second-order valence-corrected chi connectivity index (χ2v) is 10.6. The Labute approximate surface area is 189 Å². The maximum absolute atomic E-state index is 13.3. The summed E-state index contributed by atoms with van der Waals surface area (Å²) < 4.78 is 28.0. The molecular formula is C23H28ClN3O3S. The smallest absolute Gasteiger partial charge is 0.257 e. The number of hydrogen-bond donors (Lipinski definition) is 1. The normalized spacial score (nSPS) is 17.7. The van der Waals surface area contributed by atoms with Gasteiger partial charge < -0.3 is 10.2 Å². The number of aryl methyl sites for hydroxylation is 1. The van der Waals surface area contributed by atoms with E-state index in [0.29, 0.717) is 29.4 Å². The van der Waals surface area contributed by atoms with Crippen molar-refractivity contribution in [2.24, 2.45) is 0 Å². The Hall–Kier alpha value is -2.09. The fourth-order valence-electron chi connectivity index (χ4n) is 4.30. The summed E-state index contributed by atoms with van der Waals surface area (Å²) in [6.07, 6.45) is 4.91. The highest BCUT2D eigenvalue weighted by Gasteiger charge is 2.29. The van der Waals surface area contributed by atoms with E-state index in [1.165, 1.54) is 10.4 Å². The first-order valence-corrected chi connectivity index (χ1v) is 12.6. The molecule has 2 aliphatic heterocycles. The van der Waals surface area contributed by atoms with Gasteiger partial charge >= 0.3 is 0 Å². The lowest BCUT2D eigenvalue weighted by Crippen LogP contribution is -2.35. The zero-order chi connectivity index (χ0) is 22.0. The lowest BCUT2D eigenvalue weighted by Gasteiger charge is -2.27. The molecule has 2 aromatic rings. The van der Waals surface area contributed by atoms with E-state index in [2.05, 4.69) is 10.2 Å². The molecule has 2 aromatic carbocycles. The van der Waals surface area contributed by atoms with Crippen molar-refractivity contribution in [1.82, 2.24) is 4.31 Å². The van der Waals surface area contributed by atoms with Gasteiger partial charge in [-0.3, -0.25) is 4.79 Å². The lowest BCUT2D eigenvalue weighted by atomic mass is 10.1. The minimum absolute atomic E-state index is 0.176. The van der Waals surface area contributed by atoms with Crippen LogP contribution in [-0.2, 0) is 10.0 Å². The van der Waals surface area contributed by atoms with Crippen molar-refractivity contribution in [3.05, 3.63) is 52.5 Å². The summed E-state index contributed by atoms with van der Waals surface area (Å²) in [4.78, 5) is 15.6. The average molecular weight is 462 g/mol. The van der Waals surface area contributed by atoms with Crippen LogP contribution in [0.1, 0.15) is 48.0 Å². The van der Waals surface area contributed by atoms with Crippen LogP contribution < -0.4 is 10.2 Å². The molecule has 0 radical (unpaired) electrons. The van der Waals surface area contributed by atoms with Gasteiger partial charge in [-0.1, -0.05) is 18.0 Å². The molecule has 0 saturated carbocycles. The Kier molecular flexibility index (Phi) is 6.55. The van der Waals surface area contributed by atoms with Crippen LogP contribution in [0.25, 0.3) is 0 Å². The Balaban J connectivity index is 1.70. The van der Waals surface area contributed by atoms with Crippen molar-refractivity contribution in [2.75, 3.05) is 36.4 Å². The molecule has 0 unspecified atom stereocenters. The van der Waals surface area contributed by atoms with Gasteiger partial charge in [0.15, 0.2) is 0 Å². The van der Waals surface area contributed by atoms with Crippen molar-refractivity contribution >= 4 is 38.9 Å². The molecule has 2 heterocycles. The maximum Gasteiger partial charge on any atom is 0.257 e. The number of nitrogens with one attached hydrogen (secondary N) is 1. The molecule has 2 fully saturated rings. The molecule has 4 rings (SSSR count). The third-order valence-corrected chi connectivity index (χ3v) is 8.18. The Morgan fingerprint density at radius 1 is 0.935 bits per heavy atom. The topological polar surface area (TPSA) is 69.7 Å². The molecule has 8 heteroatoms. The summed E-state index contributed by atoms with van der Waals surface area (Å²) in [5.41, 5.74) is 2.67. The standard InChI is InChI=1S/C23H28ClN3O3S/c1-17-15-18(24)7-9-21(17)25-23(28)20-16-19(8-10-22(20)26-11-5-6-12-26)31(29,30)27-13-3-2-4-14-27/h7-10,15-16H,2-6,11-14H2,1H3,(H,25,28). The highest BCUT2D eigenvalue weighted by Crippen LogP contribution is 2.30. The van der Waals surface area contributed by atoms with Gasteiger partial charge in [0.2, 0.25) is 10.0 Å². The van der Waals surface area contributed by atoms with E-state index < -0.39 is 10.0 Å². The van der Waals surface area contributed by atoms with Crippen LogP contribution in [0.5, 0.6) is 0 Å². The Bertz CT molecular complexity index is 1080. The van der Waals surface area contributed by atoms with E-state index >= 15 is 0 Å². The minimum atomic E-state index is -3.63. The molecule has 1 amide bonds. The van der Waals surface area contributed by atoms with E-state index in [-0.39, 0.29) is 10.8 Å². The van der Waals surface area contributed by atoms with Crippen molar-refractivity contribution in [2.45, 2.75) is 43.9 Å². The summed E-state index contributed by atoms with van der Waals surface area (Å²) in [5, 5.41) is 3.54. The highest BCUT2D eigenvalue weighted by molar-refractivity contribution is 7.89. The van der Waals surface area contributed by atoms with Crippen LogP contribution in [0, 0.1) is 6.92 Å². The summed E-state index contributed by atoms with van der Waals surface area (Å²) >= 11 is 6.04. The predicted octanol–water partition coefficient (Wildman–Crippen LogP) is 4.68. The third kappa shape index (κ3) is 4.73. The van der Waals surface area contributed by atoms with Crippen LogP contribution >= 0.6 is 11.6 Å². The average Bonchev–Trinajstić information content (AvgIpc) is 3.30. The van der Waals surface area contributed by atoms with E-state index in [4.69, 9.17) is 11.6 Å². The molecule has 2 aliphatic rings. The molecule has 0 aliphatic carbocycles. The van der Waals surface area contributed by atoms with E-state index in [1.54, 1.807) is 30.3 Å². The molecule has 0 bridgehead atoms. The SMILES string of the molecule is Cc1cc(Cl)ccc1NC(=O)c1cc(S(=O)(=O)N2CCCCC2)ccc1N1CCCC1. The zero-order valence-corrected chi connectivity index (χ0v) is 19.3. The van der Waals surface area contributed by atoms with Gasteiger partial charge in [-0.25, -0.2) is 8.42 Å². The number of anilines is 2. The van der Waals surface area contributed by atoms with Gasteiger partial charge in [0.1, 0.15) is 0 Å². The third-order valence-electron chi connectivity index (χ3n) is 6.05. The first kappa shape index (κ1) is 22.1. The molecular weight excluding hydrogens is 434 g/mol. The number of piperidine rings is 1. The van der Waals surface area contributed by atoms with Crippen molar-refractivity contribution < 1.29 is 13.2 Å². The van der Waals surface area contributed by atoms with E-state index in [1.807, 2.05) is 6.92 Å². The van der Waals surface area contributed by atoms with Crippen molar-refractivity contribution in [1.29, 1.82) is 0 Å². The Morgan fingerprint density at radius 2 is 1.61 bits per heavy atom. The quantitative estimate of drug-likeness (QED) is 0.702. The predicted molar refractivity (Wildman–Crippen MR) is 125 cm³/mol. The van der Waals surface area contributed by atoms with Crippen LogP contribution in [-0.4, -0.2) is 44.8 Å². The van der Waals surface area contributed by atoms with E-state index in [0.717, 1.165) is 56.4 Å². The highest BCUT2D eigenvalue weighted by atomic mass is 35.5. The molecule has 6 nitrogen and oxygen atoms in total. The number of benzene rings is 2. The number of hydrogen-bond acceptors (Lipinski definition) is 4. The van der Waals surface area contributed by atoms with Gasteiger partial charge in [-0.05, 0) is 74.6 Å². The molecule has 0 spiro atoms.